The Morgan fingerprint density at radius 3 is 2.52 bits per heavy atom. The van der Waals surface area contributed by atoms with Gasteiger partial charge >= 0.3 is 6.09 Å². The van der Waals surface area contributed by atoms with Crippen LogP contribution >= 0.6 is 0 Å². The Hall–Kier alpha value is -2.06. The van der Waals surface area contributed by atoms with Gasteiger partial charge in [0.1, 0.15) is 5.60 Å². The van der Waals surface area contributed by atoms with Gasteiger partial charge < -0.3 is 15.0 Å². The lowest BCUT2D eigenvalue weighted by Crippen LogP contribution is -2.41. The zero-order chi connectivity index (χ0) is 19.8. The highest BCUT2D eigenvalue weighted by Gasteiger charge is 2.34. The van der Waals surface area contributed by atoms with Crippen LogP contribution in [0.4, 0.5) is 4.79 Å². The van der Waals surface area contributed by atoms with Crippen molar-refractivity contribution in [2.24, 2.45) is 5.41 Å². The molecule has 1 aliphatic rings. The average Bonchev–Trinajstić information content (AvgIpc) is 2.64. The molecule has 5 heteroatoms. The van der Waals surface area contributed by atoms with Crippen LogP contribution in [0.5, 0.6) is 0 Å². The summed E-state index contributed by atoms with van der Waals surface area (Å²) in [5, 5.41) is 12.5. The van der Waals surface area contributed by atoms with E-state index in [0.717, 1.165) is 51.7 Å². The highest BCUT2D eigenvalue weighted by atomic mass is 16.6. The van der Waals surface area contributed by atoms with Gasteiger partial charge in [0.05, 0.1) is 11.5 Å². The molecular weight excluding hydrogens is 338 g/mol. The zero-order valence-electron chi connectivity index (χ0n) is 17.0. The van der Waals surface area contributed by atoms with Crippen LogP contribution < -0.4 is 5.32 Å². The van der Waals surface area contributed by atoms with Gasteiger partial charge in [-0.1, -0.05) is 30.3 Å². The molecular formula is C22H33N3O2. The number of benzene rings is 1. The SMILES string of the molecule is CC(C)(C)OC(=O)NCCCN1CCC(C#N)(CCc2ccccc2)CC1. The summed E-state index contributed by atoms with van der Waals surface area (Å²) in [5.74, 6) is 0. The fraction of sp³-hybridized carbons (Fsp3) is 0.636. The van der Waals surface area contributed by atoms with Gasteiger partial charge in [-0.25, -0.2) is 4.79 Å². The van der Waals surface area contributed by atoms with Crippen molar-refractivity contribution in [3.63, 3.8) is 0 Å². The van der Waals surface area contributed by atoms with Gasteiger partial charge in [0.25, 0.3) is 0 Å². The molecule has 0 unspecified atom stereocenters. The first-order chi connectivity index (χ1) is 12.8. The van der Waals surface area contributed by atoms with Crippen LogP contribution in [0.3, 0.4) is 0 Å². The maximum atomic E-state index is 11.6. The van der Waals surface area contributed by atoms with E-state index in [1.54, 1.807) is 0 Å². The van der Waals surface area contributed by atoms with E-state index in [4.69, 9.17) is 4.74 Å². The number of nitrogens with one attached hydrogen (secondary N) is 1. The molecule has 0 bridgehead atoms. The summed E-state index contributed by atoms with van der Waals surface area (Å²) in [4.78, 5) is 14.0. The summed E-state index contributed by atoms with van der Waals surface area (Å²) in [7, 11) is 0. The topological polar surface area (TPSA) is 65.4 Å². The normalized spacial score (nSPS) is 17.1. The molecule has 0 atom stereocenters. The molecule has 0 spiro atoms. The fourth-order valence-corrected chi connectivity index (χ4v) is 3.46. The minimum Gasteiger partial charge on any atom is -0.444 e. The Morgan fingerprint density at radius 2 is 1.93 bits per heavy atom. The van der Waals surface area contributed by atoms with Crippen molar-refractivity contribution in [3.05, 3.63) is 35.9 Å². The number of rotatable bonds is 7. The van der Waals surface area contributed by atoms with Crippen LogP contribution in [0.2, 0.25) is 0 Å². The smallest absolute Gasteiger partial charge is 0.407 e. The predicted molar refractivity (Wildman–Crippen MR) is 107 cm³/mol. The highest BCUT2D eigenvalue weighted by Crippen LogP contribution is 2.35. The van der Waals surface area contributed by atoms with Crippen LogP contribution in [0.1, 0.15) is 52.0 Å². The molecule has 0 radical (unpaired) electrons. The fourth-order valence-electron chi connectivity index (χ4n) is 3.46. The predicted octanol–water partition coefficient (Wildman–Crippen LogP) is 4.14. The molecule has 0 aliphatic carbocycles. The molecule has 1 aromatic rings. The van der Waals surface area contributed by atoms with Crippen molar-refractivity contribution in [1.29, 1.82) is 5.26 Å². The first kappa shape index (κ1) is 21.2. The number of alkyl carbamates (subject to hydrolysis) is 1. The Balaban J connectivity index is 1.66. The quantitative estimate of drug-likeness (QED) is 0.732. The van der Waals surface area contributed by atoms with Gasteiger partial charge in [-0.3, -0.25) is 0 Å². The molecule has 1 aromatic carbocycles. The van der Waals surface area contributed by atoms with Crippen molar-refractivity contribution < 1.29 is 9.53 Å². The Morgan fingerprint density at radius 1 is 1.26 bits per heavy atom. The van der Waals surface area contributed by atoms with E-state index in [1.807, 2.05) is 26.8 Å². The van der Waals surface area contributed by atoms with Gasteiger partial charge in [0.15, 0.2) is 0 Å². The molecule has 148 valence electrons. The van der Waals surface area contributed by atoms with Crippen molar-refractivity contribution >= 4 is 6.09 Å². The van der Waals surface area contributed by atoms with Gasteiger partial charge in [-0.2, -0.15) is 5.26 Å². The summed E-state index contributed by atoms with van der Waals surface area (Å²) in [6.45, 7) is 9.04. The molecule has 1 heterocycles. The Bertz CT molecular complexity index is 623. The number of carbonyl (C=O) groups excluding carboxylic acids is 1. The summed E-state index contributed by atoms with van der Waals surface area (Å²) < 4.78 is 5.24. The summed E-state index contributed by atoms with van der Waals surface area (Å²) in [6.07, 6.45) is 4.29. The number of nitriles is 1. The van der Waals surface area contributed by atoms with Crippen LogP contribution in [-0.4, -0.2) is 42.8 Å². The molecule has 5 nitrogen and oxygen atoms in total. The van der Waals surface area contributed by atoms with Crippen LogP contribution in [-0.2, 0) is 11.2 Å². The van der Waals surface area contributed by atoms with Crippen LogP contribution in [0, 0.1) is 16.7 Å². The standard InChI is InChI=1S/C22H33N3O2/c1-21(2,3)27-20(26)24-14-7-15-25-16-12-22(18-23,13-17-25)11-10-19-8-5-4-6-9-19/h4-6,8-9H,7,10-17H2,1-3H3,(H,24,26). The van der Waals surface area contributed by atoms with Gasteiger partial charge in [-0.05, 0) is 78.1 Å². The molecule has 1 aliphatic heterocycles. The second-order valence-electron chi connectivity index (χ2n) is 8.50. The molecule has 27 heavy (non-hydrogen) atoms. The summed E-state index contributed by atoms with van der Waals surface area (Å²) in [6, 6.07) is 13.0. The number of piperidine rings is 1. The van der Waals surface area contributed by atoms with Crippen molar-refractivity contribution in [2.45, 2.75) is 58.5 Å². The maximum absolute atomic E-state index is 11.6. The molecule has 1 N–H and O–H groups in total. The Kier molecular flexibility index (Phi) is 7.67. The Labute approximate surface area is 163 Å². The lowest BCUT2D eigenvalue weighted by Gasteiger charge is -2.37. The second kappa shape index (κ2) is 9.75. The molecule has 1 amide bonds. The van der Waals surface area contributed by atoms with Crippen molar-refractivity contribution in [2.75, 3.05) is 26.2 Å². The minimum atomic E-state index is -0.461. The largest absolute Gasteiger partial charge is 0.444 e. The molecule has 1 saturated heterocycles. The number of aryl methyl sites for hydroxylation is 1. The first-order valence-corrected chi connectivity index (χ1v) is 9.96. The van der Waals surface area contributed by atoms with Crippen molar-refractivity contribution in [1.82, 2.24) is 10.2 Å². The molecule has 0 aromatic heterocycles. The highest BCUT2D eigenvalue weighted by molar-refractivity contribution is 5.67. The molecule has 1 fully saturated rings. The summed E-state index contributed by atoms with van der Waals surface area (Å²) >= 11 is 0. The first-order valence-electron chi connectivity index (χ1n) is 9.96. The number of likely N-dealkylation sites (tertiary alicyclic amines) is 1. The monoisotopic (exact) mass is 371 g/mol. The van der Waals surface area contributed by atoms with Crippen LogP contribution in [0.25, 0.3) is 0 Å². The number of nitrogens with zero attached hydrogens (tertiary/aromatic N) is 2. The lowest BCUT2D eigenvalue weighted by molar-refractivity contribution is 0.0524. The van der Waals surface area contributed by atoms with E-state index in [0.29, 0.717) is 6.54 Å². The van der Waals surface area contributed by atoms with E-state index in [1.165, 1.54) is 5.56 Å². The third-order valence-electron chi connectivity index (χ3n) is 5.10. The minimum absolute atomic E-state index is 0.193. The molecule has 0 saturated carbocycles. The third-order valence-corrected chi connectivity index (χ3v) is 5.10. The number of hydrogen-bond donors (Lipinski definition) is 1. The van der Waals surface area contributed by atoms with E-state index in [9.17, 15) is 10.1 Å². The van der Waals surface area contributed by atoms with E-state index < -0.39 is 5.60 Å². The molecule has 2 rings (SSSR count). The number of hydrogen-bond acceptors (Lipinski definition) is 4. The van der Waals surface area contributed by atoms with E-state index in [2.05, 4.69) is 40.6 Å². The number of carbonyl (C=O) groups is 1. The van der Waals surface area contributed by atoms with E-state index in [-0.39, 0.29) is 11.5 Å². The van der Waals surface area contributed by atoms with Gasteiger partial charge in [0.2, 0.25) is 0 Å². The third kappa shape index (κ3) is 7.60. The number of ether oxygens (including phenoxy) is 1. The lowest BCUT2D eigenvalue weighted by atomic mass is 9.75. The second-order valence-corrected chi connectivity index (χ2v) is 8.50. The average molecular weight is 372 g/mol. The zero-order valence-corrected chi connectivity index (χ0v) is 17.0. The summed E-state index contributed by atoms with van der Waals surface area (Å²) in [5.41, 5.74) is 0.654. The number of amides is 1. The van der Waals surface area contributed by atoms with Gasteiger partial charge in [-0.15, -0.1) is 0 Å². The maximum Gasteiger partial charge on any atom is 0.407 e. The van der Waals surface area contributed by atoms with Crippen LogP contribution in [0.15, 0.2) is 30.3 Å². The van der Waals surface area contributed by atoms with Gasteiger partial charge in [0, 0.05) is 6.54 Å². The van der Waals surface area contributed by atoms with Crippen molar-refractivity contribution in [3.8, 4) is 6.07 Å². The van der Waals surface area contributed by atoms with E-state index >= 15 is 0 Å².